The number of ether oxygens (including phenoxy) is 1. The highest BCUT2D eigenvalue weighted by Crippen LogP contribution is 2.41. The third-order valence-electron chi connectivity index (χ3n) is 6.44. The number of nitrogens with one attached hydrogen (secondary N) is 1. The van der Waals surface area contributed by atoms with Crippen LogP contribution in [0.5, 0.6) is 0 Å². The van der Waals surface area contributed by atoms with Gasteiger partial charge < -0.3 is 19.6 Å². The van der Waals surface area contributed by atoms with E-state index in [1.807, 2.05) is 6.07 Å². The molecule has 7 heteroatoms. The Morgan fingerprint density at radius 3 is 2.43 bits per heavy atom. The van der Waals surface area contributed by atoms with Gasteiger partial charge in [0.1, 0.15) is 5.82 Å². The molecule has 1 aliphatic rings. The third kappa shape index (κ3) is 6.53. The van der Waals surface area contributed by atoms with E-state index in [9.17, 15) is 14.3 Å². The van der Waals surface area contributed by atoms with Gasteiger partial charge in [0.05, 0.1) is 13.2 Å². The number of carbonyl (C=O) groups is 1. The standard InChI is InChI=1S/C23H38FNO4Si/c1-7-28-22(27)21(26)15-25-17-10-13-19(20(24)14-17)16-8-11-18(12-9-16)29-30(5,6)23(2,3)4/h10,13-14,16,18,21,25-26H,7-9,11-12,15H2,1-6H3/t16?,18?,21-/m1/s1. The molecule has 170 valence electrons. The topological polar surface area (TPSA) is 67.8 Å². The van der Waals surface area contributed by atoms with Crippen LogP contribution >= 0.6 is 0 Å². The molecular weight excluding hydrogens is 401 g/mol. The average molecular weight is 440 g/mol. The molecule has 0 bridgehead atoms. The summed E-state index contributed by atoms with van der Waals surface area (Å²) in [7, 11) is -1.78. The lowest BCUT2D eigenvalue weighted by Crippen LogP contribution is -2.44. The van der Waals surface area contributed by atoms with Gasteiger partial charge in [0.15, 0.2) is 14.4 Å². The van der Waals surface area contributed by atoms with Crippen molar-refractivity contribution in [3.05, 3.63) is 29.6 Å². The summed E-state index contributed by atoms with van der Waals surface area (Å²) in [6.07, 6.45) is 2.76. The van der Waals surface area contributed by atoms with Crippen LogP contribution in [0.3, 0.4) is 0 Å². The normalized spacial score (nSPS) is 21.2. The predicted molar refractivity (Wildman–Crippen MR) is 121 cm³/mol. The van der Waals surface area contributed by atoms with E-state index in [2.05, 4.69) is 39.2 Å². The number of benzene rings is 1. The number of hydrogen-bond acceptors (Lipinski definition) is 5. The number of aliphatic hydroxyl groups excluding tert-OH is 1. The molecular formula is C23H38FNO4Si. The molecule has 0 amide bonds. The molecule has 1 aromatic rings. The number of anilines is 1. The van der Waals surface area contributed by atoms with Crippen molar-refractivity contribution in [1.29, 1.82) is 0 Å². The summed E-state index contributed by atoms with van der Waals surface area (Å²) in [5.74, 6) is -0.735. The predicted octanol–water partition coefficient (Wildman–Crippen LogP) is 5.21. The van der Waals surface area contributed by atoms with Crippen molar-refractivity contribution in [3.63, 3.8) is 0 Å². The van der Waals surface area contributed by atoms with Crippen molar-refractivity contribution in [2.75, 3.05) is 18.5 Å². The van der Waals surface area contributed by atoms with Gasteiger partial charge in [0, 0.05) is 11.8 Å². The minimum absolute atomic E-state index is 0.0203. The van der Waals surface area contributed by atoms with Crippen molar-refractivity contribution >= 4 is 20.0 Å². The van der Waals surface area contributed by atoms with Crippen molar-refractivity contribution in [1.82, 2.24) is 0 Å². The first-order valence-electron chi connectivity index (χ1n) is 11.0. The molecule has 0 heterocycles. The van der Waals surface area contributed by atoms with E-state index in [1.54, 1.807) is 13.0 Å². The Labute approximate surface area is 181 Å². The zero-order valence-corrected chi connectivity index (χ0v) is 20.3. The molecule has 2 rings (SSSR count). The summed E-state index contributed by atoms with van der Waals surface area (Å²) in [4.78, 5) is 11.5. The van der Waals surface area contributed by atoms with Crippen molar-refractivity contribution in [3.8, 4) is 0 Å². The van der Waals surface area contributed by atoms with E-state index in [0.29, 0.717) is 5.69 Å². The highest BCUT2D eigenvalue weighted by molar-refractivity contribution is 6.74. The molecule has 30 heavy (non-hydrogen) atoms. The molecule has 1 aromatic carbocycles. The maximum Gasteiger partial charge on any atom is 0.336 e. The quantitative estimate of drug-likeness (QED) is 0.430. The summed E-state index contributed by atoms with van der Waals surface area (Å²) in [5.41, 5.74) is 1.27. The second-order valence-corrected chi connectivity index (χ2v) is 14.5. The van der Waals surface area contributed by atoms with Crippen LogP contribution in [0.15, 0.2) is 18.2 Å². The average Bonchev–Trinajstić information content (AvgIpc) is 2.66. The lowest BCUT2D eigenvalue weighted by atomic mass is 9.82. The SMILES string of the molecule is CCOC(=O)[C@H](O)CNc1ccc(C2CCC(O[Si](C)(C)C(C)(C)C)CC2)c(F)c1. The molecule has 1 atom stereocenters. The van der Waals surface area contributed by atoms with Crippen LogP contribution < -0.4 is 5.32 Å². The van der Waals surface area contributed by atoms with Gasteiger partial charge in [-0.15, -0.1) is 0 Å². The second kappa shape index (κ2) is 10.2. The number of halogens is 1. The Morgan fingerprint density at radius 1 is 1.27 bits per heavy atom. The van der Waals surface area contributed by atoms with Gasteiger partial charge in [-0.2, -0.15) is 0 Å². The highest BCUT2D eigenvalue weighted by Gasteiger charge is 2.40. The summed E-state index contributed by atoms with van der Waals surface area (Å²) >= 11 is 0. The molecule has 0 spiro atoms. The van der Waals surface area contributed by atoms with Crippen LogP contribution in [0.25, 0.3) is 0 Å². The minimum atomic E-state index is -1.78. The fourth-order valence-corrected chi connectivity index (χ4v) is 5.01. The number of aliphatic hydroxyl groups is 1. The van der Waals surface area contributed by atoms with Crippen LogP contribution in [0.1, 0.15) is 64.9 Å². The second-order valence-electron chi connectivity index (χ2n) is 9.74. The number of rotatable bonds is 8. The van der Waals surface area contributed by atoms with Crippen LogP contribution in [0.2, 0.25) is 18.1 Å². The van der Waals surface area contributed by atoms with Gasteiger partial charge in [-0.3, -0.25) is 0 Å². The van der Waals surface area contributed by atoms with Gasteiger partial charge in [-0.25, -0.2) is 9.18 Å². The molecule has 0 radical (unpaired) electrons. The Bertz CT molecular complexity index is 712. The molecule has 5 nitrogen and oxygen atoms in total. The summed E-state index contributed by atoms with van der Waals surface area (Å²) in [5, 5.41) is 12.8. The van der Waals surface area contributed by atoms with E-state index in [4.69, 9.17) is 9.16 Å². The molecule has 0 aliphatic heterocycles. The van der Waals surface area contributed by atoms with E-state index in [0.717, 1.165) is 31.2 Å². The molecule has 0 unspecified atom stereocenters. The lowest BCUT2D eigenvalue weighted by molar-refractivity contribution is -0.152. The molecule has 1 fully saturated rings. The van der Waals surface area contributed by atoms with Gasteiger partial charge in [-0.1, -0.05) is 26.8 Å². The zero-order valence-electron chi connectivity index (χ0n) is 19.3. The maximum absolute atomic E-state index is 14.7. The Balaban J connectivity index is 1.90. The maximum atomic E-state index is 14.7. The lowest BCUT2D eigenvalue weighted by Gasteiger charge is -2.41. The van der Waals surface area contributed by atoms with Crippen LogP contribution in [0.4, 0.5) is 10.1 Å². The van der Waals surface area contributed by atoms with Crippen molar-refractivity contribution in [2.24, 2.45) is 0 Å². The zero-order chi connectivity index (χ0) is 22.5. The monoisotopic (exact) mass is 439 g/mol. The Morgan fingerprint density at radius 2 is 1.90 bits per heavy atom. The molecule has 0 aromatic heterocycles. The van der Waals surface area contributed by atoms with Crippen LogP contribution in [-0.2, 0) is 14.0 Å². The number of carbonyl (C=O) groups excluding carboxylic acids is 1. The van der Waals surface area contributed by atoms with E-state index >= 15 is 0 Å². The molecule has 0 saturated heterocycles. The number of esters is 1. The van der Waals surface area contributed by atoms with Crippen LogP contribution in [-0.4, -0.2) is 44.8 Å². The fourth-order valence-electron chi connectivity index (χ4n) is 3.59. The van der Waals surface area contributed by atoms with E-state index in [-0.39, 0.29) is 36.0 Å². The summed E-state index contributed by atoms with van der Waals surface area (Å²) in [6.45, 7) is 13.2. The van der Waals surface area contributed by atoms with Crippen molar-refractivity contribution < 1.29 is 23.5 Å². The van der Waals surface area contributed by atoms with Crippen molar-refractivity contribution in [2.45, 2.75) is 89.6 Å². The van der Waals surface area contributed by atoms with Gasteiger partial charge in [0.25, 0.3) is 0 Å². The first kappa shape index (κ1) is 24.8. The smallest absolute Gasteiger partial charge is 0.336 e. The van der Waals surface area contributed by atoms with Gasteiger partial charge >= 0.3 is 5.97 Å². The highest BCUT2D eigenvalue weighted by atomic mass is 28.4. The minimum Gasteiger partial charge on any atom is -0.464 e. The van der Waals surface area contributed by atoms with E-state index < -0.39 is 20.4 Å². The summed E-state index contributed by atoms with van der Waals surface area (Å²) in [6, 6.07) is 5.05. The Hall–Kier alpha value is -1.44. The largest absolute Gasteiger partial charge is 0.464 e. The molecule has 1 aliphatic carbocycles. The summed E-state index contributed by atoms with van der Waals surface area (Å²) < 4.78 is 26.0. The van der Waals surface area contributed by atoms with Crippen LogP contribution in [0, 0.1) is 5.82 Å². The fraction of sp³-hybridized carbons (Fsp3) is 0.696. The van der Waals surface area contributed by atoms with E-state index in [1.165, 1.54) is 6.07 Å². The van der Waals surface area contributed by atoms with Gasteiger partial charge in [-0.05, 0) is 74.4 Å². The first-order chi connectivity index (χ1) is 13.9. The molecule has 1 saturated carbocycles. The van der Waals surface area contributed by atoms with Gasteiger partial charge in [0.2, 0.25) is 0 Å². The first-order valence-corrected chi connectivity index (χ1v) is 13.9. The third-order valence-corrected chi connectivity index (χ3v) is 11.0. The molecule has 2 N–H and O–H groups in total. The Kier molecular flexibility index (Phi) is 8.48. The number of hydrogen-bond donors (Lipinski definition) is 2.